The van der Waals surface area contributed by atoms with Gasteiger partial charge in [0.1, 0.15) is 17.1 Å². The number of aromatic nitrogens is 2. The second-order valence-corrected chi connectivity index (χ2v) is 6.72. The van der Waals surface area contributed by atoms with Gasteiger partial charge in [0.15, 0.2) is 12.6 Å². The summed E-state index contributed by atoms with van der Waals surface area (Å²) in [7, 11) is 1.54. The number of amides is 2. The number of benzene rings is 3. The Kier molecular flexibility index (Phi) is 5.42. The number of methoxy groups -OCH3 is 1. The van der Waals surface area contributed by atoms with Gasteiger partial charge in [0.05, 0.1) is 16.8 Å². The molecule has 0 saturated carbocycles. The third-order valence-electron chi connectivity index (χ3n) is 4.77. The van der Waals surface area contributed by atoms with Gasteiger partial charge in [-0.2, -0.15) is 5.10 Å². The molecule has 31 heavy (non-hydrogen) atoms. The SMILES string of the molecule is COCOc1ccc(-c2ccc(N(C(N)=O)c3cccc(F)c3)cc2)c2c(N)n[nH]c12. The molecule has 0 atom stereocenters. The molecule has 158 valence electrons. The number of primary amides is 1. The fraction of sp³-hybridized carbons (Fsp3) is 0.0909. The number of anilines is 3. The van der Waals surface area contributed by atoms with Gasteiger partial charge >= 0.3 is 6.03 Å². The highest BCUT2D eigenvalue weighted by Crippen LogP contribution is 2.37. The third kappa shape index (κ3) is 3.86. The first kappa shape index (κ1) is 20.2. The highest BCUT2D eigenvalue weighted by molar-refractivity contribution is 6.04. The van der Waals surface area contributed by atoms with E-state index >= 15 is 0 Å². The highest BCUT2D eigenvalue weighted by atomic mass is 19.1. The molecule has 0 saturated heterocycles. The lowest BCUT2D eigenvalue weighted by Crippen LogP contribution is -2.31. The van der Waals surface area contributed by atoms with E-state index in [1.165, 1.54) is 30.2 Å². The quantitative estimate of drug-likeness (QED) is 0.404. The Balaban J connectivity index is 1.74. The van der Waals surface area contributed by atoms with Crippen molar-refractivity contribution >= 4 is 34.1 Å². The van der Waals surface area contributed by atoms with Crippen LogP contribution in [0, 0.1) is 5.82 Å². The molecule has 0 radical (unpaired) electrons. The first-order valence-corrected chi connectivity index (χ1v) is 9.33. The average Bonchev–Trinajstić information content (AvgIpc) is 3.15. The topological polar surface area (TPSA) is 119 Å². The van der Waals surface area contributed by atoms with Crippen LogP contribution in [0.3, 0.4) is 0 Å². The van der Waals surface area contributed by atoms with E-state index in [1.807, 2.05) is 18.2 Å². The summed E-state index contributed by atoms with van der Waals surface area (Å²) in [6.07, 6.45) is 0. The molecule has 0 aliphatic rings. The van der Waals surface area contributed by atoms with Crippen molar-refractivity contribution in [2.45, 2.75) is 0 Å². The fourth-order valence-electron chi connectivity index (χ4n) is 3.42. The molecular formula is C22H20FN5O3. The minimum absolute atomic E-state index is 0.0884. The van der Waals surface area contributed by atoms with Gasteiger partial charge in [0, 0.05) is 7.11 Å². The summed E-state index contributed by atoms with van der Waals surface area (Å²) in [5.41, 5.74) is 14.8. The summed E-state index contributed by atoms with van der Waals surface area (Å²) in [4.78, 5) is 13.3. The molecule has 2 amide bonds. The number of nitrogens with one attached hydrogen (secondary N) is 1. The zero-order valence-electron chi connectivity index (χ0n) is 16.6. The number of fused-ring (bicyclic) bond motifs is 1. The second kappa shape index (κ2) is 8.33. The Morgan fingerprint density at radius 3 is 2.58 bits per heavy atom. The van der Waals surface area contributed by atoms with E-state index in [4.69, 9.17) is 20.9 Å². The van der Waals surface area contributed by atoms with E-state index in [0.717, 1.165) is 11.1 Å². The van der Waals surface area contributed by atoms with Crippen LogP contribution >= 0.6 is 0 Å². The van der Waals surface area contributed by atoms with Crippen LogP contribution in [0.5, 0.6) is 5.75 Å². The Hall–Kier alpha value is -4.11. The molecule has 0 spiro atoms. The van der Waals surface area contributed by atoms with Crippen molar-refractivity contribution in [3.63, 3.8) is 0 Å². The molecule has 1 heterocycles. The largest absolute Gasteiger partial charge is 0.465 e. The molecule has 5 N–H and O–H groups in total. The lowest BCUT2D eigenvalue weighted by Gasteiger charge is -2.21. The molecule has 3 aromatic carbocycles. The molecule has 1 aromatic heterocycles. The number of nitrogen functional groups attached to an aromatic ring is 1. The Morgan fingerprint density at radius 2 is 1.90 bits per heavy atom. The van der Waals surface area contributed by atoms with Gasteiger partial charge in [0.2, 0.25) is 0 Å². The number of aromatic amines is 1. The maximum Gasteiger partial charge on any atom is 0.323 e. The zero-order chi connectivity index (χ0) is 22.0. The summed E-state index contributed by atoms with van der Waals surface area (Å²) < 4.78 is 24.2. The van der Waals surface area contributed by atoms with Crippen molar-refractivity contribution in [3.05, 3.63) is 66.5 Å². The van der Waals surface area contributed by atoms with Crippen molar-refractivity contribution in [1.82, 2.24) is 10.2 Å². The average molecular weight is 421 g/mol. The molecule has 0 unspecified atom stereocenters. The number of nitrogens with two attached hydrogens (primary N) is 2. The van der Waals surface area contributed by atoms with Crippen LogP contribution < -0.4 is 21.1 Å². The predicted molar refractivity (Wildman–Crippen MR) is 117 cm³/mol. The molecule has 0 aliphatic heterocycles. The monoisotopic (exact) mass is 421 g/mol. The molecule has 0 fully saturated rings. The number of ether oxygens (including phenoxy) is 2. The number of hydrogen-bond acceptors (Lipinski definition) is 5. The number of rotatable bonds is 6. The smallest absolute Gasteiger partial charge is 0.323 e. The maximum absolute atomic E-state index is 13.6. The number of H-pyrrole nitrogens is 1. The van der Waals surface area contributed by atoms with Gasteiger partial charge in [-0.1, -0.05) is 18.2 Å². The van der Waals surface area contributed by atoms with Gasteiger partial charge in [-0.25, -0.2) is 9.18 Å². The lowest BCUT2D eigenvalue weighted by atomic mass is 10.0. The van der Waals surface area contributed by atoms with Crippen LogP contribution in [0.25, 0.3) is 22.0 Å². The van der Waals surface area contributed by atoms with Gasteiger partial charge in [-0.05, 0) is 53.6 Å². The molecular weight excluding hydrogens is 401 g/mol. The van der Waals surface area contributed by atoms with Crippen LogP contribution in [0.2, 0.25) is 0 Å². The van der Waals surface area contributed by atoms with Gasteiger partial charge in [-0.3, -0.25) is 10.00 Å². The minimum atomic E-state index is -0.723. The van der Waals surface area contributed by atoms with E-state index in [1.54, 1.807) is 24.3 Å². The van der Waals surface area contributed by atoms with Crippen molar-refractivity contribution in [3.8, 4) is 16.9 Å². The molecule has 9 heteroatoms. The van der Waals surface area contributed by atoms with Crippen LogP contribution in [0.15, 0.2) is 60.7 Å². The van der Waals surface area contributed by atoms with E-state index in [9.17, 15) is 9.18 Å². The van der Waals surface area contributed by atoms with Crippen molar-refractivity contribution in [2.75, 3.05) is 24.5 Å². The van der Waals surface area contributed by atoms with Crippen LogP contribution in [0.1, 0.15) is 0 Å². The fourth-order valence-corrected chi connectivity index (χ4v) is 3.42. The van der Waals surface area contributed by atoms with Crippen LogP contribution in [-0.4, -0.2) is 30.1 Å². The Bertz CT molecular complexity index is 1240. The highest BCUT2D eigenvalue weighted by Gasteiger charge is 2.18. The van der Waals surface area contributed by atoms with Crippen LogP contribution in [-0.2, 0) is 4.74 Å². The standard InChI is InChI=1S/C22H20FN5O3/c1-30-12-31-18-10-9-17(19-20(18)26-27-21(19)24)13-5-7-15(8-6-13)28(22(25)29)16-4-2-3-14(23)11-16/h2-11H,12H2,1H3,(H2,25,29)(H3,24,26,27). The summed E-state index contributed by atoms with van der Waals surface area (Å²) in [5, 5.41) is 7.69. The number of nitrogens with zero attached hydrogens (tertiary/aromatic N) is 2. The van der Waals surface area contributed by atoms with E-state index in [-0.39, 0.29) is 6.79 Å². The predicted octanol–water partition coefficient (Wildman–Crippen LogP) is 4.15. The Labute approximate surface area is 177 Å². The zero-order valence-corrected chi connectivity index (χ0v) is 16.6. The molecule has 4 aromatic rings. The number of carbonyl (C=O) groups is 1. The van der Waals surface area contributed by atoms with Crippen molar-refractivity contribution in [2.24, 2.45) is 5.73 Å². The van der Waals surface area contributed by atoms with Crippen LogP contribution in [0.4, 0.5) is 26.4 Å². The number of halogens is 1. The molecule has 8 nitrogen and oxygen atoms in total. The maximum atomic E-state index is 13.6. The van der Waals surface area contributed by atoms with E-state index in [2.05, 4.69) is 10.2 Å². The van der Waals surface area contributed by atoms with Gasteiger partial charge in [-0.15, -0.1) is 0 Å². The summed E-state index contributed by atoms with van der Waals surface area (Å²) >= 11 is 0. The van der Waals surface area contributed by atoms with E-state index in [0.29, 0.717) is 33.8 Å². The summed E-state index contributed by atoms with van der Waals surface area (Å²) in [6, 6.07) is 15.7. The van der Waals surface area contributed by atoms with Crippen molar-refractivity contribution in [1.29, 1.82) is 0 Å². The normalized spacial score (nSPS) is 10.9. The van der Waals surface area contributed by atoms with Gasteiger partial charge < -0.3 is 20.9 Å². The summed E-state index contributed by atoms with van der Waals surface area (Å²) in [6.45, 7) is 0.0884. The third-order valence-corrected chi connectivity index (χ3v) is 4.77. The van der Waals surface area contributed by atoms with E-state index < -0.39 is 11.8 Å². The Morgan fingerprint density at radius 1 is 1.13 bits per heavy atom. The molecule has 0 bridgehead atoms. The second-order valence-electron chi connectivity index (χ2n) is 6.72. The number of hydrogen-bond donors (Lipinski definition) is 3. The van der Waals surface area contributed by atoms with Crippen molar-refractivity contribution < 1.29 is 18.7 Å². The first-order valence-electron chi connectivity index (χ1n) is 9.33. The molecule has 0 aliphatic carbocycles. The number of urea groups is 1. The summed E-state index contributed by atoms with van der Waals surface area (Å²) in [5.74, 6) is 0.428. The van der Waals surface area contributed by atoms with Gasteiger partial charge in [0.25, 0.3) is 0 Å². The molecule has 4 rings (SSSR count). The first-order chi connectivity index (χ1) is 15.0. The lowest BCUT2D eigenvalue weighted by molar-refractivity contribution is 0.0521. The number of carbonyl (C=O) groups excluding carboxylic acids is 1. The minimum Gasteiger partial charge on any atom is -0.465 e.